The van der Waals surface area contributed by atoms with E-state index in [-0.39, 0.29) is 58.8 Å². The van der Waals surface area contributed by atoms with Gasteiger partial charge in [-0.1, -0.05) is 170 Å². The molecule has 0 saturated heterocycles. The second-order valence-corrected chi connectivity index (χ2v) is 13.0. The lowest BCUT2D eigenvalue weighted by atomic mass is 9.82. The minimum absolute atomic E-state index is 0.0933. The van der Waals surface area contributed by atoms with Gasteiger partial charge < -0.3 is 4.42 Å². The maximum atomic E-state index is 9.50. The molecule has 0 spiro atoms. The van der Waals surface area contributed by atoms with Crippen LogP contribution in [-0.4, -0.2) is 0 Å². The van der Waals surface area contributed by atoms with Gasteiger partial charge in [-0.05, 0) is 94.0 Å². The Labute approximate surface area is 304 Å². The Hall–Kier alpha value is -6.70. The summed E-state index contributed by atoms with van der Waals surface area (Å²) in [5, 5.41) is 9.96. The highest BCUT2D eigenvalue weighted by Gasteiger charge is 2.22. The summed E-state index contributed by atoms with van der Waals surface area (Å²) in [5.74, 6) is 0. The molecule has 0 saturated carbocycles. The van der Waals surface area contributed by atoms with Crippen LogP contribution >= 0.6 is 0 Å². The van der Waals surface area contributed by atoms with E-state index < -0.39 is 0 Å². The van der Waals surface area contributed by atoms with Gasteiger partial charge in [-0.3, -0.25) is 0 Å². The first-order chi connectivity index (χ1) is 28.2. The van der Waals surface area contributed by atoms with Gasteiger partial charge >= 0.3 is 0 Å². The van der Waals surface area contributed by atoms with E-state index in [4.69, 9.17) is 12.6 Å². The number of furan rings is 1. The molecule has 236 valence electrons. The van der Waals surface area contributed by atoms with Gasteiger partial charge in [0.1, 0.15) is 11.2 Å². The molecule has 51 heavy (non-hydrogen) atoms. The molecule has 1 heteroatoms. The molecule has 1 aromatic heterocycles. The molecule has 10 aromatic carbocycles. The highest BCUT2D eigenvalue weighted by Crippen LogP contribution is 2.49. The van der Waals surface area contributed by atoms with Gasteiger partial charge in [0.05, 0.1) is 9.60 Å². The van der Waals surface area contributed by atoms with E-state index in [9.17, 15) is 1.37 Å². The fraction of sp³-hybridized carbons (Fsp3) is 0. The number of hydrogen-bond donors (Lipinski definition) is 0. The van der Waals surface area contributed by atoms with Gasteiger partial charge in [0, 0.05) is 16.2 Å². The Morgan fingerprint density at radius 3 is 1.67 bits per heavy atom. The smallest absolute Gasteiger partial charge is 0.143 e. The van der Waals surface area contributed by atoms with E-state index in [2.05, 4.69) is 115 Å². The zero-order chi connectivity index (χ0) is 39.6. The zero-order valence-electron chi connectivity index (χ0n) is 34.2. The van der Waals surface area contributed by atoms with Crippen molar-refractivity contribution in [1.29, 1.82) is 0 Å². The molecule has 1 nitrogen and oxygen atoms in total. The normalized spacial score (nSPS) is 13.8. The summed E-state index contributed by atoms with van der Waals surface area (Å²) in [5.41, 5.74) is 5.71. The van der Waals surface area contributed by atoms with E-state index >= 15 is 0 Å². The third-order valence-electron chi connectivity index (χ3n) is 10.4. The fourth-order valence-corrected chi connectivity index (χ4v) is 8.24. The lowest BCUT2D eigenvalue weighted by Crippen LogP contribution is -1.93. The molecule has 1 heterocycles. The highest BCUT2D eigenvalue weighted by molar-refractivity contribution is 6.27. The predicted molar refractivity (Wildman–Crippen MR) is 218 cm³/mol. The summed E-state index contributed by atoms with van der Waals surface area (Å²) < 4.78 is 68.1. The van der Waals surface area contributed by atoms with Crippen LogP contribution < -0.4 is 0 Å². The molecule has 11 aromatic rings. The van der Waals surface area contributed by atoms with Crippen molar-refractivity contribution in [1.82, 2.24) is 0 Å². The van der Waals surface area contributed by atoms with Crippen LogP contribution in [0.4, 0.5) is 0 Å². The summed E-state index contributed by atoms with van der Waals surface area (Å²) >= 11 is 0. The molecule has 0 fully saturated rings. The Kier molecular flexibility index (Phi) is 4.73. The Balaban J connectivity index is 1.29. The van der Waals surface area contributed by atoms with Gasteiger partial charge in [-0.15, -0.1) is 0 Å². The van der Waals surface area contributed by atoms with Crippen molar-refractivity contribution in [3.05, 3.63) is 182 Å². The van der Waals surface area contributed by atoms with Crippen LogP contribution in [0.2, 0.25) is 0 Å². The number of benzene rings is 10. The van der Waals surface area contributed by atoms with Gasteiger partial charge in [0.25, 0.3) is 0 Å². The van der Waals surface area contributed by atoms with Crippen molar-refractivity contribution in [3.63, 3.8) is 0 Å². The molecular formula is C50H30O. The average Bonchev–Trinajstić information content (AvgIpc) is 3.65. The van der Waals surface area contributed by atoms with Crippen LogP contribution in [-0.2, 0) is 0 Å². The molecule has 0 bridgehead atoms. The van der Waals surface area contributed by atoms with Gasteiger partial charge in [0.2, 0.25) is 0 Å². The minimum Gasteiger partial charge on any atom is -0.455 e. The Morgan fingerprint density at radius 2 is 0.922 bits per heavy atom. The van der Waals surface area contributed by atoms with E-state index in [1.807, 2.05) is 12.1 Å². The summed E-state index contributed by atoms with van der Waals surface area (Å²) in [7, 11) is 0. The summed E-state index contributed by atoms with van der Waals surface area (Å²) in [6.45, 7) is 0. The van der Waals surface area contributed by atoms with E-state index in [1.54, 1.807) is 12.1 Å². The monoisotopic (exact) mass is 653 g/mol. The molecule has 0 aliphatic carbocycles. The zero-order valence-corrected chi connectivity index (χ0v) is 27.2. The van der Waals surface area contributed by atoms with Crippen molar-refractivity contribution in [3.8, 4) is 33.4 Å². The molecule has 0 amide bonds. The topological polar surface area (TPSA) is 13.1 Å². The van der Waals surface area contributed by atoms with Crippen LogP contribution in [0.25, 0.3) is 109 Å². The second kappa shape index (κ2) is 10.9. The first-order valence-electron chi connectivity index (χ1n) is 20.5. The van der Waals surface area contributed by atoms with Gasteiger partial charge in [0.15, 0.2) is 0 Å². The van der Waals surface area contributed by atoms with Crippen LogP contribution in [0.3, 0.4) is 0 Å². The van der Waals surface area contributed by atoms with Crippen LogP contribution in [0, 0.1) is 0 Å². The Bertz CT molecular complexity index is 3540. The number of fused-ring (bicyclic) bond motifs is 9. The molecule has 0 aliphatic heterocycles. The van der Waals surface area contributed by atoms with Crippen molar-refractivity contribution in [2.45, 2.75) is 0 Å². The molecule has 0 aliphatic rings. The van der Waals surface area contributed by atoms with Crippen LogP contribution in [0.5, 0.6) is 0 Å². The van der Waals surface area contributed by atoms with Crippen molar-refractivity contribution >= 4 is 75.8 Å². The van der Waals surface area contributed by atoms with E-state index in [0.717, 1.165) is 54.6 Å². The largest absolute Gasteiger partial charge is 0.455 e. The number of hydrogen-bond acceptors (Lipinski definition) is 1. The SMILES string of the molecule is [2H]c1c([2H])c([2H])c2c(ccc3c2oc2c([2H])c([2H])c([2H])c(-c4cccc5cccc(-c6c7ccccc7c(-c7cccc8ccccc78)c7ccccc67)c45)c23)c1[2H]. The minimum atomic E-state index is -0.385. The van der Waals surface area contributed by atoms with Gasteiger partial charge in [-0.2, -0.15) is 0 Å². The average molecular weight is 654 g/mol. The predicted octanol–water partition coefficient (Wildman–Crippen LogP) is 14.4. The quantitative estimate of drug-likeness (QED) is 0.173. The molecule has 11 rings (SSSR count). The summed E-state index contributed by atoms with van der Waals surface area (Å²) in [4.78, 5) is 0. The first-order valence-corrected chi connectivity index (χ1v) is 17.0. The maximum absolute atomic E-state index is 9.50. The molecule has 0 N–H and O–H groups in total. The first kappa shape index (κ1) is 22.1. The standard InChI is InChI=1S/C50H30O/c1-3-18-34-31(13-1)15-9-24-36(34)47-38-20-5-7-22-40(38)48(41-23-8-6-21-39(41)47)43-27-11-17-33-16-10-25-37(46(33)43)42-26-12-28-45-49(42)44-30-29-32-14-2-4-19-35(32)50(44)51-45/h1-30H/i2D,4D,12D,14D,19D,26D,28D. The third-order valence-corrected chi connectivity index (χ3v) is 10.4. The molecular weight excluding hydrogens is 617 g/mol. The fourth-order valence-electron chi connectivity index (χ4n) is 8.24. The lowest BCUT2D eigenvalue weighted by molar-refractivity contribution is 0.673. The van der Waals surface area contributed by atoms with Crippen LogP contribution in [0.1, 0.15) is 9.60 Å². The van der Waals surface area contributed by atoms with Crippen molar-refractivity contribution in [2.24, 2.45) is 0 Å². The Morgan fingerprint density at radius 1 is 0.333 bits per heavy atom. The molecule has 0 unspecified atom stereocenters. The van der Waals surface area contributed by atoms with Crippen molar-refractivity contribution < 1.29 is 14.0 Å². The summed E-state index contributed by atoms with van der Waals surface area (Å²) in [6.07, 6.45) is 0. The van der Waals surface area contributed by atoms with Crippen molar-refractivity contribution in [2.75, 3.05) is 0 Å². The molecule has 0 atom stereocenters. The van der Waals surface area contributed by atoms with Gasteiger partial charge in [-0.25, -0.2) is 0 Å². The van der Waals surface area contributed by atoms with E-state index in [0.29, 0.717) is 27.3 Å². The maximum Gasteiger partial charge on any atom is 0.143 e. The lowest BCUT2D eigenvalue weighted by Gasteiger charge is -2.20. The molecule has 0 radical (unpaired) electrons. The van der Waals surface area contributed by atoms with Crippen LogP contribution in [0.15, 0.2) is 186 Å². The highest BCUT2D eigenvalue weighted by atomic mass is 16.3. The second-order valence-electron chi connectivity index (χ2n) is 13.0. The van der Waals surface area contributed by atoms with E-state index in [1.165, 1.54) is 10.8 Å². The summed E-state index contributed by atoms with van der Waals surface area (Å²) in [6, 6.07) is 45.7. The third kappa shape index (κ3) is 4.09. The number of rotatable bonds is 3.